The van der Waals surface area contributed by atoms with E-state index in [9.17, 15) is 14.4 Å². The number of amides is 2. The zero-order valence-corrected chi connectivity index (χ0v) is 19.0. The number of carbonyl (C=O) groups is 3. The molecule has 0 spiro atoms. The van der Waals surface area contributed by atoms with Crippen LogP contribution in [-0.2, 0) is 27.2 Å². The standard InChI is InChI=1S/C21H33N3O4S/c1-6-24(11-17(25)22-13(3)4)12-18(26)23-20-19(21(27)28-7-2)15-9-8-14(5)10-16(15)29-20/h13-14H,6-12H2,1-5H3,(H,22,25)(H,23,26)/p+1/t14-/m1/s1. The van der Waals surface area contributed by atoms with Crippen molar-refractivity contribution in [2.45, 2.75) is 59.9 Å². The zero-order chi connectivity index (χ0) is 21.6. The fourth-order valence-corrected chi connectivity index (χ4v) is 4.98. The lowest BCUT2D eigenvalue weighted by Gasteiger charge is -2.18. The SMILES string of the molecule is CCOC(=O)c1c(NC(=O)C[NH+](CC)CC(=O)NC(C)C)sc2c1CC[C@@H](C)C2. The highest BCUT2D eigenvalue weighted by Crippen LogP contribution is 2.40. The van der Waals surface area contributed by atoms with Crippen LogP contribution in [0.1, 0.15) is 61.8 Å². The lowest BCUT2D eigenvalue weighted by molar-refractivity contribution is -0.881. The maximum atomic E-state index is 12.7. The van der Waals surface area contributed by atoms with Crippen LogP contribution in [0.2, 0.25) is 0 Å². The summed E-state index contributed by atoms with van der Waals surface area (Å²) >= 11 is 1.48. The lowest BCUT2D eigenvalue weighted by Crippen LogP contribution is -3.14. The molecule has 1 aliphatic rings. The monoisotopic (exact) mass is 424 g/mol. The van der Waals surface area contributed by atoms with Gasteiger partial charge in [-0.1, -0.05) is 6.92 Å². The molecule has 1 unspecified atom stereocenters. The fourth-order valence-electron chi connectivity index (χ4n) is 3.57. The Labute approximate surface area is 177 Å². The number of esters is 1. The third kappa shape index (κ3) is 6.54. The van der Waals surface area contributed by atoms with Gasteiger partial charge in [-0.15, -0.1) is 11.3 Å². The van der Waals surface area contributed by atoms with E-state index in [0.29, 0.717) is 29.6 Å². The van der Waals surface area contributed by atoms with Crippen molar-refractivity contribution < 1.29 is 24.0 Å². The molecule has 7 nitrogen and oxygen atoms in total. The van der Waals surface area contributed by atoms with Gasteiger partial charge in [-0.2, -0.15) is 0 Å². The van der Waals surface area contributed by atoms with Gasteiger partial charge in [-0.05, 0) is 58.4 Å². The van der Waals surface area contributed by atoms with Crippen LogP contribution in [0, 0.1) is 5.92 Å². The highest BCUT2D eigenvalue weighted by Gasteiger charge is 2.29. The molecular formula is C21H34N3O4S+. The van der Waals surface area contributed by atoms with Gasteiger partial charge in [0.1, 0.15) is 5.00 Å². The summed E-state index contributed by atoms with van der Waals surface area (Å²) in [5, 5.41) is 6.36. The molecule has 2 rings (SSSR count). The number of quaternary nitrogens is 1. The van der Waals surface area contributed by atoms with Crippen molar-refractivity contribution in [2.75, 3.05) is 31.6 Å². The van der Waals surface area contributed by atoms with Crippen LogP contribution < -0.4 is 15.5 Å². The number of thiophene rings is 1. The zero-order valence-electron chi connectivity index (χ0n) is 18.1. The molecule has 1 aromatic heterocycles. The van der Waals surface area contributed by atoms with Gasteiger partial charge < -0.3 is 20.3 Å². The second-order valence-corrected chi connectivity index (χ2v) is 9.11. The van der Waals surface area contributed by atoms with Crippen molar-refractivity contribution in [1.29, 1.82) is 0 Å². The average Bonchev–Trinajstić information content (AvgIpc) is 2.97. The van der Waals surface area contributed by atoms with E-state index in [2.05, 4.69) is 17.6 Å². The van der Waals surface area contributed by atoms with Crippen LogP contribution in [-0.4, -0.2) is 50.1 Å². The Balaban J connectivity index is 2.12. The van der Waals surface area contributed by atoms with Crippen LogP contribution in [0.3, 0.4) is 0 Å². The summed E-state index contributed by atoms with van der Waals surface area (Å²) in [6.07, 6.45) is 2.78. The molecule has 0 aliphatic heterocycles. The number of hydrogen-bond acceptors (Lipinski definition) is 5. The first kappa shape index (κ1) is 23.3. The number of rotatable bonds is 9. The Morgan fingerprint density at radius 1 is 1.21 bits per heavy atom. The molecule has 1 aliphatic carbocycles. The number of nitrogens with one attached hydrogen (secondary N) is 3. The first-order valence-electron chi connectivity index (χ1n) is 10.5. The number of anilines is 1. The molecule has 3 N–H and O–H groups in total. The molecule has 0 aromatic carbocycles. The molecule has 0 fully saturated rings. The molecule has 162 valence electrons. The second-order valence-electron chi connectivity index (χ2n) is 8.00. The Bertz CT molecular complexity index is 745. The van der Waals surface area contributed by atoms with Gasteiger partial charge in [-0.25, -0.2) is 4.79 Å². The van der Waals surface area contributed by atoms with Crippen LogP contribution in [0.4, 0.5) is 5.00 Å². The van der Waals surface area contributed by atoms with Gasteiger partial charge in [0.15, 0.2) is 13.1 Å². The van der Waals surface area contributed by atoms with E-state index in [4.69, 9.17) is 4.74 Å². The molecule has 0 saturated carbocycles. The van der Waals surface area contributed by atoms with E-state index in [1.807, 2.05) is 20.8 Å². The largest absolute Gasteiger partial charge is 0.462 e. The Hall–Kier alpha value is -1.93. The van der Waals surface area contributed by atoms with E-state index in [0.717, 1.165) is 34.6 Å². The van der Waals surface area contributed by atoms with E-state index < -0.39 is 0 Å². The first-order valence-corrected chi connectivity index (χ1v) is 11.3. The summed E-state index contributed by atoms with van der Waals surface area (Å²) in [7, 11) is 0. The summed E-state index contributed by atoms with van der Waals surface area (Å²) in [6, 6.07) is 0.0707. The van der Waals surface area contributed by atoms with E-state index in [1.54, 1.807) is 6.92 Å². The molecular weight excluding hydrogens is 390 g/mol. The van der Waals surface area contributed by atoms with Gasteiger partial charge in [0.2, 0.25) is 0 Å². The van der Waals surface area contributed by atoms with Crippen molar-refractivity contribution in [1.82, 2.24) is 5.32 Å². The quantitative estimate of drug-likeness (QED) is 0.523. The maximum Gasteiger partial charge on any atom is 0.341 e. The predicted molar refractivity (Wildman–Crippen MR) is 115 cm³/mol. The van der Waals surface area contributed by atoms with Crippen molar-refractivity contribution in [3.8, 4) is 0 Å². The molecule has 0 radical (unpaired) electrons. The molecule has 29 heavy (non-hydrogen) atoms. The summed E-state index contributed by atoms with van der Waals surface area (Å²) in [5.74, 6) is -0.0704. The normalized spacial score (nSPS) is 16.8. The highest BCUT2D eigenvalue weighted by molar-refractivity contribution is 7.17. The van der Waals surface area contributed by atoms with Crippen molar-refractivity contribution in [3.63, 3.8) is 0 Å². The number of fused-ring (bicyclic) bond motifs is 1. The molecule has 8 heteroatoms. The molecule has 2 atom stereocenters. The lowest BCUT2D eigenvalue weighted by atomic mass is 9.88. The Kier molecular flexibility index (Phi) is 8.64. The summed E-state index contributed by atoms with van der Waals surface area (Å²) in [5.41, 5.74) is 1.54. The molecule has 2 amide bonds. The van der Waals surface area contributed by atoms with Crippen LogP contribution in [0.5, 0.6) is 0 Å². The van der Waals surface area contributed by atoms with Gasteiger partial charge in [-0.3, -0.25) is 9.59 Å². The van der Waals surface area contributed by atoms with Crippen molar-refractivity contribution in [2.24, 2.45) is 5.92 Å². The van der Waals surface area contributed by atoms with Crippen molar-refractivity contribution >= 4 is 34.1 Å². The van der Waals surface area contributed by atoms with Crippen molar-refractivity contribution in [3.05, 3.63) is 16.0 Å². The minimum absolute atomic E-state index is 0.0707. The predicted octanol–water partition coefficient (Wildman–Crippen LogP) is 1.42. The van der Waals surface area contributed by atoms with E-state index in [-0.39, 0.29) is 36.9 Å². The van der Waals surface area contributed by atoms with E-state index >= 15 is 0 Å². The average molecular weight is 425 g/mol. The third-order valence-corrected chi connectivity index (χ3v) is 6.18. The molecule has 0 bridgehead atoms. The van der Waals surface area contributed by atoms with Gasteiger partial charge in [0, 0.05) is 10.9 Å². The highest BCUT2D eigenvalue weighted by atomic mass is 32.1. The second kappa shape index (κ2) is 10.7. The van der Waals surface area contributed by atoms with E-state index in [1.165, 1.54) is 11.3 Å². The number of hydrogen-bond donors (Lipinski definition) is 3. The smallest absolute Gasteiger partial charge is 0.341 e. The summed E-state index contributed by atoms with van der Waals surface area (Å²) in [4.78, 5) is 39.3. The Morgan fingerprint density at radius 3 is 2.52 bits per heavy atom. The topological polar surface area (TPSA) is 88.9 Å². The van der Waals surface area contributed by atoms with Gasteiger partial charge in [0.25, 0.3) is 11.8 Å². The number of likely N-dealkylation sites (N-methyl/N-ethyl adjacent to an activating group) is 1. The molecule has 0 saturated heterocycles. The summed E-state index contributed by atoms with van der Waals surface area (Å²) in [6.45, 7) is 11.1. The van der Waals surface area contributed by atoms with Crippen LogP contribution in [0.15, 0.2) is 0 Å². The van der Waals surface area contributed by atoms with Gasteiger partial charge >= 0.3 is 5.97 Å². The van der Waals surface area contributed by atoms with Crippen LogP contribution >= 0.6 is 11.3 Å². The minimum Gasteiger partial charge on any atom is -0.462 e. The molecule has 1 heterocycles. The maximum absolute atomic E-state index is 12.7. The first-order chi connectivity index (χ1) is 13.7. The fraction of sp³-hybridized carbons (Fsp3) is 0.667. The third-order valence-electron chi connectivity index (χ3n) is 5.01. The minimum atomic E-state index is -0.370. The van der Waals surface area contributed by atoms with Gasteiger partial charge in [0.05, 0.1) is 18.7 Å². The van der Waals surface area contributed by atoms with Crippen LogP contribution in [0.25, 0.3) is 0 Å². The summed E-state index contributed by atoms with van der Waals surface area (Å²) < 4.78 is 5.25. The molecule has 1 aromatic rings. The Morgan fingerprint density at radius 2 is 1.90 bits per heavy atom. The number of ether oxygens (including phenoxy) is 1. The number of carbonyl (C=O) groups excluding carboxylic acids is 3.